The van der Waals surface area contributed by atoms with Crippen molar-refractivity contribution in [1.29, 1.82) is 0 Å². The van der Waals surface area contributed by atoms with E-state index in [2.05, 4.69) is 36.3 Å². The Balaban J connectivity index is 2.03. The SMILES string of the molecule is CN(C)CCCN(C)CC1CCCCN1. The van der Waals surface area contributed by atoms with Crippen LogP contribution in [0.15, 0.2) is 0 Å². The topological polar surface area (TPSA) is 18.5 Å². The van der Waals surface area contributed by atoms with Crippen LogP contribution in [-0.2, 0) is 0 Å². The van der Waals surface area contributed by atoms with Crippen LogP contribution in [0.4, 0.5) is 0 Å². The van der Waals surface area contributed by atoms with Crippen LogP contribution in [0.3, 0.4) is 0 Å². The van der Waals surface area contributed by atoms with Crippen LogP contribution in [0.5, 0.6) is 0 Å². The second-order valence-corrected chi connectivity index (χ2v) is 5.07. The van der Waals surface area contributed by atoms with Gasteiger partial charge in [-0.3, -0.25) is 0 Å². The Labute approximate surface area is 94.8 Å². The van der Waals surface area contributed by atoms with Gasteiger partial charge in [-0.15, -0.1) is 0 Å². The predicted octanol–water partition coefficient (Wildman–Crippen LogP) is 1.01. The number of hydrogen-bond acceptors (Lipinski definition) is 3. The minimum Gasteiger partial charge on any atom is -0.313 e. The van der Waals surface area contributed by atoms with Crippen molar-refractivity contribution in [2.24, 2.45) is 0 Å². The van der Waals surface area contributed by atoms with Gasteiger partial charge in [0.2, 0.25) is 0 Å². The zero-order valence-corrected chi connectivity index (χ0v) is 10.6. The van der Waals surface area contributed by atoms with Crippen molar-refractivity contribution in [3.8, 4) is 0 Å². The zero-order chi connectivity index (χ0) is 11.1. The van der Waals surface area contributed by atoms with Gasteiger partial charge in [0, 0.05) is 12.6 Å². The molecule has 1 saturated heterocycles. The summed E-state index contributed by atoms with van der Waals surface area (Å²) in [6, 6.07) is 0.739. The average molecular weight is 213 g/mol. The third-order valence-corrected chi connectivity index (χ3v) is 3.09. The Morgan fingerprint density at radius 2 is 1.93 bits per heavy atom. The van der Waals surface area contributed by atoms with E-state index in [4.69, 9.17) is 0 Å². The fourth-order valence-corrected chi connectivity index (χ4v) is 2.20. The molecule has 1 N–H and O–H groups in total. The summed E-state index contributed by atoms with van der Waals surface area (Å²) in [5.74, 6) is 0. The van der Waals surface area contributed by atoms with Gasteiger partial charge in [-0.25, -0.2) is 0 Å². The van der Waals surface area contributed by atoms with Gasteiger partial charge >= 0.3 is 0 Å². The molecule has 0 saturated carbocycles. The largest absolute Gasteiger partial charge is 0.313 e. The van der Waals surface area contributed by atoms with Crippen LogP contribution in [0.2, 0.25) is 0 Å². The van der Waals surface area contributed by atoms with Crippen molar-refractivity contribution in [2.75, 3.05) is 47.3 Å². The Kier molecular flexibility index (Phi) is 6.22. The van der Waals surface area contributed by atoms with E-state index in [-0.39, 0.29) is 0 Å². The molecule has 1 atom stereocenters. The molecule has 3 heteroatoms. The van der Waals surface area contributed by atoms with Crippen LogP contribution >= 0.6 is 0 Å². The second-order valence-electron chi connectivity index (χ2n) is 5.07. The number of nitrogens with one attached hydrogen (secondary N) is 1. The van der Waals surface area contributed by atoms with Crippen LogP contribution in [0.1, 0.15) is 25.7 Å². The number of piperidine rings is 1. The maximum atomic E-state index is 3.60. The first kappa shape index (κ1) is 12.9. The Morgan fingerprint density at radius 1 is 1.13 bits per heavy atom. The monoisotopic (exact) mass is 213 g/mol. The van der Waals surface area contributed by atoms with Crippen LogP contribution in [0.25, 0.3) is 0 Å². The highest BCUT2D eigenvalue weighted by atomic mass is 15.1. The number of nitrogens with zero attached hydrogens (tertiary/aromatic N) is 2. The standard InChI is InChI=1S/C12H27N3/c1-14(2)9-6-10-15(3)11-12-7-4-5-8-13-12/h12-13H,4-11H2,1-3H3. The van der Waals surface area contributed by atoms with Gasteiger partial charge in [0.1, 0.15) is 0 Å². The van der Waals surface area contributed by atoms with E-state index in [1.807, 2.05) is 0 Å². The fraction of sp³-hybridized carbons (Fsp3) is 1.00. The molecule has 1 fully saturated rings. The van der Waals surface area contributed by atoms with Crippen molar-refractivity contribution in [3.63, 3.8) is 0 Å². The van der Waals surface area contributed by atoms with Crippen molar-refractivity contribution in [3.05, 3.63) is 0 Å². The summed E-state index contributed by atoms with van der Waals surface area (Å²) in [7, 11) is 6.53. The first-order valence-electron chi connectivity index (χ1n) is 6.25. The van der Waals surface area contributed by atoms with Crippen molar-refractivity contribution >= 4 is 0 Å². The molecule has 0 spiro atoms. The molecule has 1 aliphatic heterocycles. The molecule has 0 radical (unpaired) electrons. The van der Waals surface area contributed by atoms with Gasteiger partial charge in [-0.1, -0.05) is 6.42 Å². The average Bonchev–Trinajstić information content (AvgIpc) is 2.18. The molecule has 0 bridgehead atoms. The summed E-state index contributed by atoms with van der Waals surface area (Å²) < 4.78 is 0. The maximum Gasteiger partial charge on any atom is 0.0194 e. The third-order valence-electron chi connectivity index (χ3n) is 3.09. The summed E-state index contributed by atoms with van der Waals surface area (Å²) in [6.45, 7) is 4.85. The molecule has 0 aromatic carbocycles. The summed E-state index contributed by atoms with van der Waals surface area (Å²) in [5, 5.41) is 3.60. The van der Waals surface area contributed by atoms with E-state index >= 15 is 0 Å². The van der Waals surface area contributed by atoms with E-state index in [1.54, 1.807) is 0 Å². The Hall–Kier alpha value is -0.120. The lowest BCUT2D eigenvalue weighted by Gasteiger charge is -2.28. The van der Waals surface area contributed by atoms with E-state index in [0.29, 0.717) is 0 Å². The fourth-order valence-electron chi connectivity index (χ4n) is 2.20. The molecule has 15 heavy (non-hydrogen) atoms. The number of hydrogen-bond donors (Lipinski definition) is 1. The summed E-state index contributed by atoms with van der Waals surface area (Å²) in [6.07, 6.45) is 5.40. The quantitative estimate of drug-likeness (QED) is 0.710. The predicted molar refractivity (Wildman–Crippen MR) is 66.3 cm³/mol. The van der Waals surface area contributed by atoms with Crippen LogP contribution in [0, 0.1) is 0 Å². The van der Waals surface area contributed by atoms with Crippen LogP contribution < -0.4 is 5.32 Å². The third kappa shape index (κ3) is 6.13. The Morgan fingerprint density at radius 3 is 2.53 bits per heavy atom. The van der Waals surface area contributed by atoms with E-state index in [1.165, 1.54) is 51.9 Å². The highest BCUT2D eigenvalue weighted by molar-refractivity contribution is 4.74. The van der Waals surface area contributed by atoms with E-state index < -0.39 is 0 Å². The number of rotatable bonds is 6. The van der Waals surface area contributed by atoms with E-state index in [9.17, 15) is 0 Å². The highest BCUT2D eigenvalue weighted by Gasteiger charge is 2.13. The molecular weight excluding hydrogens is 186 g/mol. The van der Waals surface area contributed by atoms with Gasteiger partial charge in [0.15, 0.2) is 0 Å². The van der Waals surface area contributed by atoms with Gasteiger partial charge in [-0.05, 0) is 60.0 Å². The van der Waals surface area contributed by atoms with E-state index in [0.717, 1.165) is 6.04 Å². The molecule has 0 aliphatic carbocycles. The number of likely N-dealkylation sites (N-methyl/N-ethyl adjacent to an activating group) is 1. The summed E-state index contributed by atoms with van der Waals surface area (Å²) >= 11 is 0. The first-order valence-corrected chi connectivity index (χ1v) is 6.25. The maximum absolute atomic E-state index is 3.60. The lowest BCUT2D eigenvalue weighted by molar-refractivity contribution is 0.250. The summed E-state index contributed by atoms with van der Waals surface area (Å²) in [5.41, 5.74) is 0. The molecule has 1 heterocycles. The van der Waals surface area contributed by atoms with Crippen molar-refractivity contribution in [1.82, 2.24) is 15.1 Å². The van der Waals surface area contributed by atoms with Gasteiger partial charge in [-0.2, -0.15) is 0 Å². The molecule has 0 aromatic heterocycles. The van der Waals surface area contributed by atoms with Crippen molar-refractivity contribution in [2.45, 2.75) is 31.7 Å². The molecule has 1 aliphatic rings. The zero-order valence-electron chi connectivity index (χ0n) is 10.6. The lowest BCUT2D eigenvalue weighted by atomic mass is 10.0. The molecule has 1 rings (SSSR count). The van der Waals surface area contributed by atoms with Gasteiger partial charge < -0.3 is 15.1 Å². The van der Waals surface area contributed by atoms with Gasteiger partial charge in [0.05, 0.1) is 0 Å². The second kappa shape index (κ2) is 7.20. The molecule has 0 aromatic rings. The minimum absolute atomic E-state index is 0.739. The molecule has 90 valence electrons. The molecule has 0 amide bonds. The Bertz CT molecular complexity index is 153. The normalized spacial score (nSPS) is 22.6. The first-order chi connectivity index (χ1) is 7.18. The van der Waals surface area contributed by atoms with Crippen LogP contribution in [-0.4, -0.2) is 63.2 Å². The minimum atomic E-state index is 0.739. The smallest absolute Gasteiger partial charge is 0.0194 e. The molecule has 1 unspecified atom stereocenters. The van der Waals surface area contributed by atoms with Crippen molar-refractivity contribution < 1.29 is 0 Å². The lowest BCUT2D eigenvalue weighted by Crippen LogP contribution is -2.42. The highest BCUT2D eigenvalue weighted by Crippen LogP contribution is 2.07. The molecule has 3 nitrogen and oxygen atoms in total. The van der Waals surface area contributed by atoms with Gasteiger partial charge in [0.25, 0.3) is 0 Å². The summed E-state index contributed by atoms with van der Waals surface area (Å²) in [4.78, 5) is 4.72. The molecular formula is C12H27N3.